The minimum absolute atomic E-state index is 0.00520. The van der Waals surface area contributed by atoms with Crippen molar-refractivity contribution in [2.45, 2.75) is 25.2 Å². The summed E-state index contributed by atoms with van der Waals surface area (Å²) >= 11 is 0. The van der Waals surface area contributed by atoms with Crippen molar-refractivity contribution in [2.75, 3.05) is 13.1 Å². The topological polar surface area (TPSA) is 91.0 Å². The van der Waals surface area contributed by atoms with E-state index >= 15 is 0 Å². The van der Waals surface area contributed by atoms with E-state index in [1.807, 2.05) is 33.8 Å². The van der Waals surface area contributed by atoms with Crippen LogP contribution < -0.4 is 0 Å². The van der Waals surface area contributed by atoms with Gasteiger partial charge in [0.15, 0.2) is 0 Å². The molecule has 2 aliphatic heterocycles. The fourth-order valence-electron chi connectivity index (χ4n) is 3.68. The Morgan fingerprint density at radius 2 is 2.08 bits per heavy atom. The lowest BCUT2D eigenvalue weighted by Gasteiger charge is -2.41. The van der Waals surface area contributed by atoms with Gasteiger partial charge in [-0.25, -0.2) is 4.68 Å². The van der Waals surface area contributed by atoms with Crippen LogP contribution in [0.1, 0.15) is 28.5 Å². The molecule has 2 aromatic heterocycles. The normalized spacial score (nSPS) is 21.9. The van der Waals surface area contributed by atoms with E-state index in [0.717, 1.165) is 17.8 Å². The highest BCUT2D eigenvalue weighted by atomic mass is 16.5. The number of ether oxygens (including phenoxy) is 1. The van der Waals surface area contributed by atoms with Crippen molar-refractivity contribution >= 4 is 5.91 Å². The summed E-state index contributed by atoms with van der Waals surface area (Å²) in [5, 5.41) is 15.8. The zero-order valence-corrected chi connectivity index (χ0v) is 14.0. The first-order chi connectivity index (χ1) is 12.8. The monoisotopic (exact) mass is 351 g/mol. The lowest BCUT2D eigenvalue weighted by atomic mass is 9.99. The largest absolute Gasteiger partial charge is 0.370 e. The third-order valence-corrected chi connectivity index (χ3v) is 5.03. The van der Waals surface area contributed by atoms with Gasteiger partial charge in [-0.1, -0.05) is 11.3 Å². The number of hydrogen-bond donors (Lipinski definition) is 0. The van der Waals surface area contributed by atoms with Crippen LogP contribution in [0.2, 0.25) is 0 Å². The molecular formula is C17H17N7O2. The molecule has 0 radical (unpaired) electrons. The van der Waals surface area contributed by atoms with Crippen molar-refractivity contribution in [3.63, 3.8) is 0 Å². The van der Waals surface area contributed by atoms with Crippen molar-refractivity contribution in [1.82, 2.24) is 34.7 Å². The highest BCUT2D eigenvalue weighted by Gasteiger charge is 2.38. The van der Waals surface area contributed by atoms with Gasteiger partial charge in [-0.3, -0.25) is 9.36 Å². The molecule has 0 spiro atoms. The number of carbonyl (C=O) groups excluding carboxylic acids is 1. The van der Waals surface area contributed by atoms with E-state index in [1.54, 1.807) is 23.4 Å². The number of amides is 1. The smallest absolute Gasteiger partial charge is 0.254 e. The van der Waals surface area contributed by atoms with Crippen LogP contribution in [0, 0.1) is 0 Å². The van der Waals surface area contributed by atoms with Gasteiger partial charge in [0.25, 0.3) is 5.91 Å². The van der Waals surface area contributed by atoms with Gasteiger partial charge in [0, 0.05) is 24.3 Å². The maximum Gasteiger partial charge on any atom is 0.254 e. The van der Waals surface area contributed by atoms with E-state index in [4.69, 9.17) is 4.74 Å². The molecule has 9 nitrogen and oxygen atoms in total. The summed E-state index contributed by atoms with van der Waals surface area (Å²) in [5.41, 5.74) is 2.45. The molecule has 0 bridgehead atoms. The van der Waals surface area contributed by atoms with Crippen LogP contribution in [-0.4, -0.2) is 59.8 Å². The van der Waals surface area contributed by atoms with Gasteiger partial charge in [-0.05, 0) is 24.6 Å². The van der Waals surface area contributed by atoms with Gasteiger partial charge in [-0.2, -0.15) is 0 Å². The van der Waals surface area contributed by atoms with Crippen LogP contribution in [0.5, 0.6) is 0 Å². The molecule has 0 aliphatic carbocycles. The Labute approximate surface area is 149 Å². The van der Waals surface area contributed by atoms with Gasteiger partial charge in [0.1, 0.15) is 12.7 Å². The number of rotatable bonds is 2. The van der Waals surface area contributed by atoms with Crippen molar-refractivity contribution in [3.8, 4) is 5.69 Å². The maximum absolute atomic E-state index is 13.0. The number of hydrogen-bond acceptors (Lipinski definition) is 6. The summed E-state index contributed by atoms with van der Waals surface area (Å²) in [4.78, 5) is 14.9. The van der Waals surface area contributed by atoms with Gasteiger partial charge in [-0.15, -0.1) is 15.3 Å². The van der Waals surface area contributed by atoms with Crippen LogP contribution in [0.3, 0.4) is 0 Å². The highest BCUT2D eigenvalue weighted by molar-refractivity contribution is 5.94. The third-order valence-electron chi connectivity index (χ3n) is 5.03. The summed E-state index contributed by atoms with van der Waals surface area (Å²) in [6, 6.07) is 7.49. The molecule has 132 valence electrons. The first-order valence-electron chi connectivity index (χ1n) is 8.54. The van der Waals surface area contributed by atoms with E-state index < -0.39 is 0 Å². The van der Waals surface area contributed by atoms with Crippen LogP contribution in [0.4, 0.5) is 0 Å². The van der Waals surface area contributed by atoms with E-state index in [2.05, 4.69) is 20.5 Å². The predicted octanol–water partition coefficient (Wildman–Crippen LogP) is 0.845. The minimum atomic E-state index is 0.00520. The first kappa shape index (κ1) is 15.2. The Bertz CT molecular complexity index is 936. The number of piperidine rings is 1. The molecule has 3 aromatic rings. The predicted molar refractivity (Wildman–Crippen MR) is 89.5 cm³/mol. The van der Waals surface area contributed by atoms with Gasteiger partial charge in [0.05, 0.1) is 30.6 Å². The quantitative estimate of drug-likeness (QED) is 0.680. The van der Waals surface area contributed by atoms with Crippen molar-refractivity contribution in [3.05, 3.63) is 54.4 Å². The van der Waals surface area contributed by atoms with Gasteiger partial charge < -0.3 is 9.64 Å². The summed E-state index contributed by atoms with van der Waals surface area (Å²) in [7, 11) is 0. The second-order valence-corrected chi connectivity index (χ2v) is 6.55. The van der Waals surface area contributed by atoms with Gasteiger partial charge in [0.2, 0.25) is 0 Å². The summed E-state index contributed by atoms with van der Waals surface area (Å²) < 4.78 is 9.59. The average Bonchev–Trinajstić information content (AvgIpc) is 3.39. The minimum Gasteiger partial charge on any atom is -0.370 e. The van der Waals surface area contributed by atoms with E-state index in [1.165, 1.54) is 0 Å². The van der Waals surface area contributed by atoms with Crippen molar-refractivity contribution < 1.29 is 9.53 Å². The second kappa shape index (κ2) is 6.03. The fourth-order valence-corrected chi connectivity index (χ4v) is 3.68. The maximum atomic E-state index is 13.0. The van der Waals surface area contributed by atoms with E-state index in [0.29, 0.717) is 25.3 Å². The number of nitrogens with zero attached hydrogens (tertiary/aromatic N) is 7. The molecule has 1 amide bonds. The molecule has 0 saturated carbocycles. The summed E-state index contributed by atoms with van der Waals surface area (Å²) in [6.45, 7) is 1.76. The Morgan fingerprint density at radius 3 is 2.96 bits per heavy atom. The average molecular weight is 351 g/mol. The Kier molecular flexibility index (Phi) is 3.52. The highest BCUT2D eigenvalue weighted by Crippen LogP contribution is 2.30. The third kappa shape index (κ3) is 2.48. The molecule has 26 heavy (non-hydrogen) atoms. The molecule has 1 fully saturated rings. The molecule has 1 aromatic carbocycles. The standard InChI is InChI=1S/C17H17N7O2/c25-17(12-2-1-3-13(6-12)23-10-19-20-11-23)22-5-4-16-15(8-22)24-14(9-26-16)7-18-21-24/h1-3,6-7,10-11,15-16H,4-5,8-9H2. The first-order valence-corrected chi connectivity index (χ1v) is 8.54. The number of fused-ring (bicyclic) bond motifs is 3. The Morgan fingerprint density at radius 1 is 1.19 bits per heavy atom. The van der Waals surface area contributed by atoms with Crippen LogP contribution in [0.15, 0.2) is 43.1 Å². The zero-order chi connectivity index (χ0) is 17.5. The molecule has 2 unspecified atom stereocenters. The Balaban J connectivity index is 1.40. The van der Waals surface area contributed by atoms with Crippen molar-refractivity contribution in [1.29, 1.82) is 0 Å². The fraction of sp³-hybridized carbons (Fsp3) is 0.353. The lowest BCUT2D eigenvalue weighted by Crippen LogP contribution is -2.49. The number of benzene rings is 1. The number of likely N-dealkylation sites (tertiary alicyclic amines) is 1. The molecule has 9 heteroatoms. The molecular weight excluding hydrogens is 334 g/mol. The lowest BCUT2D eigenvalue weighted by molar-refractivity contribution is -0.0605. The molecule has 5 rings (SSSR count). The molecule has 4 heterocycles. The summed E-state index contributed by atoms with van der Waals surface area (Å²) in [5.74, 6) is 0.00520. The number of carbonyl (C=O) groups is 1. The second-order valence-electron chi connectivity index (χ2n) is 6.55. The SMILES string of the molecule is O=C(c1cccc(-n2cnnc2)c1)N1CCC2OCc3cnnn3C2C1. The molecule has 2 atom stereocenters. The van der Waals surface area contributed by atoms with Crippen LogP contribution in [0.25, 0.3) is 5.69 Å². The van der Waals surface area contributed by atoms with Gasteiger partial charge >= 0.3 is 0 Å². The Hall–Kier alpha value is -3.07. The summed E-state index contributed by atoms with van der Waals surface area (Å²) in [6.07, 6.45) is 5.82. The number of aromatic nitrogens is 6. The van der Waals surface area contributed by atoms with Crippen LogP contribution >= 0.6 is 0 Å². The van der Waals surface area contributed by atoms with E-state index in [-0.39, 0.29) is 18.1 Å². The van der Waals surface area contributed by atoms with E-state index in [9.17, 15) is 4.79 Å². The molecule has 0 N–H and O–H groups in total. The van der Waals surface area contributed by atoms with Crippen molar-refractivity contribution in [2.24, 2.45) is 0 Å². The van der Waals surface area contributed by atoms with Crippen LogP contribution in [-0.2, 0) is 11.3 Å². The zero-order valence-electron chi connectivity index (χ0n) is 14.0. The molecule has 2 aliphatic rings. The molecule has 1 saturated heterocycles.